The van der Waals surface area contributed by atoms with Gasteiger partial charge in [-0.2, -0.15) is 18.3 Å². The minimum absolute atomic E-state index is 0.0458. The fourth-order valence-corrected chi connectivity index (χ4v) is 2.98. The first-order chi connectivity index (χ1) is 15.6. The second-order valence-corrected chi connectivity index (χ2v) is 6.85. The number of aromatic nitrogens is 2. The smallest absolute Gasteiger partial charge is 0.416 e. The van der Waals surface area contributed by atoms with Crippen LogP contribution in [0.25, 0.3) is 11.1 Å². The molecular weight excluding hydrogens is 445 g/mol. The van der Waals surface area contributed by atoms with Crippen LogP contribution in [-0.2, 0) is 22.3 Å². The van der Waals surface area contributed by atoms with Crippen LogP contribution in [0.4, 0.5) is 24.5 Å². The number of rotatable bonds is 7. The third kappa shape index (κ3) is 5.73. The maximum absolute atomic E-state index is 13.0. The van der Waals surface area contributed by atoms with E-state index in [0.29, 0.717) is 5.56 Å². The summed E-state index contributed by atoms with van der Waals surface area (Å²) in [5.41, 5.74) is -0.439. The Balaban J connectivity index is 1.80. The minimum Gasteiger partial charge on any atom is -0.465 e. The van der Waals surface area contributed by atoms with Crippen molar-refractivity contribution in [2.24, 2.45) is 0 Å². The van der Waals surface area contributed by atoms with E-state index < -0.39 is 28.5 Å². The SMILES string of the molecule is COC(=O)c1cc(-c2cccc(C(F)(F)F)c2)ccc1NC(=O)CCn1cc([N+](=O)[O-])cn1. The first-order valence-corrected chi connectivity index (χ1v) is 9.45. The molecule has 172 valence electrons. The molecule has 0 bridgehead atoms. The van der Waals surface area contributed by atoms with Crippen LogP contribution in [0, 0.1) is 10.1 Å². The summed E-state index contributed by atoms with van der Waals surface area (Å²) in [6, 6.07) is 8.80. The predicted octanol–water partition coefficient (Wildman–Crippen LogP) is 4.29. The first-order valence-electron chi connectivity index (χ1n) is 9.45. The Morgan fingerprint density at radius 3 is 2.55 bits per heavy atom. The number of aryl methyl sites for hydroxylation is 1. The molecule has 3 rings (SSSR count). The van der Waals surface area contributed by atoms with Gasteiger partial charge < -0.3 is 10.1 Å². The fourth-order valence-electron chi connectivity index (χ4n) is 2.98. The standard InChI is InChI=1S/C21H17F3N4O5/c1-33-20(30)17-10-14(13-3-2-4-15(9-13)21(22,23)24)5-6-18(17)26-19(29)7-8-27-12-16(11-25-27)28(31)32/h2-6,9-12H,7-8H2,1H3,(H,26,29). The maximum Gasteiger partial charge on any atom is 0.416 e. The van der Waals surface area contributed by atoms with Gasteiger partial charge in [0, 0.05) is 13.0 Å². The summed E-state index contributed by atoms with van der Waals surface area (Å²) >= 11 is 0. The molecule has 3 aromatic rings. The number of halogens is 3. The molecule has 0 aliphatic heterocycles. The molecule has 2 aromatic carbocycles. The van der Waals surface area contributed by atoms with E-state index in [1.165, 1.54) is 41.2 Å². The van der Waals surface area contributed by atoms with Gasteiger partial charge in [0.25, 0.3) is 0 Å². The van der Waals surface area contributed by atoms with E-state index in [4.69, 9.17) is 4.74 Å². The van der Waals surface area contributed by atoms with Crippen LogP contribution in [0.1, 0.15) is 22.3 Å². The Hall–Kier alpha value is -4.22. The monoisotopic (exact) mass is 462 g/mol. The second kappa shape index (κ2) is 9.51. The predicted molar refractivity (Wildman–Crippen MR) is 110 cm³/mol. The summed E-state index contributed by atoms with van der Waals surface area (Å²) in [6.45, 7) is 0.0511. The summed E-state index contributed by atoms with van der Waals surface area (Å²) in [4.78, 5) is 34.7. The number of nitrogens with zero attached hydrogens (tertiary/aromatic N) is 3. The van der Waals surface area contributed by atoms with Crippen LogP contribution in [0.2, 0.25) is 0 Å². The highest BCUT2D eigenvalue weighted by Crippen LogP contribution is 2.33. The zero-order valence-corrected chi connectivity index (χ0v) is 17.1. The number of nitrogens with one attached hydrogen (secondary N) is 1. The number of esters is 1. The largest absolute Gasteiger partial charge is 0.465 e. The Morgan fingerprint density at radius 2 is 1.91 bits per heavy atom. The highest BCUT2D eigenvalue weighted by Gasteiger charge is 2.30. The van der Waals surface area contributed by atoms with Crippen LogP contribution in [0.15, 0.2) is 54.9 Å². The molecule has 9 nitrogen and oxygen atoms in total. The number of benzene rings is 2. The summed E-state index contributed by atoms with van der Waals surface area (Å²) in [5, 5.41) is 17.0. The molecule has 0 aliphatic carbocycles. The molecule has 0 spiro atoms. The molecule has 12 heteroatoms. The van der Waals surface area contributed by atoms with Crippen LogP contribution < -0.4 is 5.32 Å². The van der Waals surface area contributed by atoms with Crippen molar-refractivity contribution in [2.75, 3.05) is 12.4 Å². The maximum atomic E-state index is 13.0. The molecule has 1 aromatic heterocycles. The number of ether oxygens (including phenoxy) is 1. The Bertz CT molecular complexity index is 1210. The molecule has 0 saturated heterocycles. The van der Waals surface area contributed by atoms with Gasteiger partial charge in [0.1, 0.15) is 12.4 Å². The number of hydrogen-bond donors (Lipinski definition) is 1. The van der Waals surface area contributed by atoms with Crippen molar-refractivity contribution in [3.63, 3.8) is 0 Å². The minimum atomic E-state index is -4.52. The van der Waals surface area contributed by atoms with Crippen LogP contribution >= 0.6 is 0 Å². The van der Waals surface area contributed by atoms with Crippen molar-refractivity contribution >= 4 is 23.3 Å². The van der Waals surface area contributed by atoms with E-state index >= 15 is 0 Å². The van der Waals surface area contributed by atoms with Gasteiger partial charge in [-0.3, -0.25) is 19.6 Å². The molecule has 1 heterocycles. The summed E-state index contributed by atoms with van der Waals surface area (Å²) < 4.78 is 45.1. The lowest BCUT2D eigenvalue weighted by atomic mass is 9.99. The molecule has 0 fully saturated rings. The average molecular weight is 462 g/mol. The van der Waals surface area contributed by atoms with Crippen molar-refractivity contribution in [3.05, 3.63) is 76.1 Å². The Labute approximate surface area is 184 Å². The van der Waals surface area contributed by atoms with Crippen LogP contribution in [0.5, 0.6) is 0 Å². The quantitative estimate of drug-likeness (QED) is 0.318. The van der Waals surface area contributed by atoms with Crippen LogP contribution in [0.3, 0.4) is 0 Å². The van der Waals surface area contributed by atoms with E-state index in [2.05, 4.69) is 10.4 Å². The summed E-state index contributed by atoms with van der Waals surface area (Å²) in [6.07, 6.45) is -2.39. The molecule has 0 atom stereocenters. The topological polar surface area (TPSA) is 116 Å². The number of carbonyl (C=O) groups excluding carboxylic acids is 2. The van der Waals surface area contributed by atoms with Crippen molar-refractivity contribution < 1.29 is 32.4 Å². The number of carbonyl (C=O) groups is 2. The van der Waals surface area contributed by atoms with Gasteiger partial charge in [-0.1, -0.05) is 18.2 Å². The van der Waals surface area contributed by atoms with Gasteiger partial charge in [-0.05, 0) is 35.4 Å². The number of anilines is 1. The Kier molecular flexibility index (Phi) is 6.75. The third-order valence-corrected chi connectivity index (χ3v) is 4.62. The van der Waals surface area contributed by atoms with E-state index in [-0.39, 0.29) is 35.5 Å². The van der Waals surface area contributed by atoms with Crippen molar-refractivity contribution in [2.45, 2.75) is 19.1 Å². The van der Waals surface area contributed by atoms with Gasteiger partial charge in [0.15, 0.2) is 0 Å². The highest BCUT2D eigenvalue weighted by atomic mass is 19.4. The summed E-state index contributed by atoms with van der Waals surface area (Å²) in [5.74, 6) is -1.30. The van der Waals surface area contributed by atoms with Crippen LogP contribution in [-0.4, -0.2) is 33.7 Å². The number of hydrogen-bond acceptors (Lipinski definition) is 6. The molecule has 0 aliphatic rings. The second-order valence-electron chi connectivity index (χ2n) is 6.85. The normalized spacial score (nSPS) is 11.2. The van der Waals surface area contributed by atoms with Gasteiger partial charge in [-0.25, -0.2) is 4.79 Å². The molecule has 1 amide bonds. The number of amides is 1. The zero-order valence-electron chi connectivity index (χ0n) is 17.1. The van der Waals surface area contributed by atoms with Gasteiger partial charge in [-0.15, -0.1) is 0 Å². The van der Waals surface area contributed by atoms with Crippen molar-refractivity contribution in [1.29, 1.82) is 0 Å². The lowest BCUT2D eigenvalue weighted by Crippen LogP contribution is -2.17. The van der Waals surface area contributed by atoms with Gasteiger partial charge in [0.05, 0.1) is 28.8 Å². The fraction of sp³-hybridized carbons (Fsp3) is 0.190. The number of alkyl halides is 3. The van der Waals surface area contributed by atoms with E-state index in [1.54, 1.807) is 0 Å². The first kappa shape index (κ1) is 23.4. The lowest BCUT2D eigenvalue weighted by molar-refractivity contribution is -0.385. The van der Waals surface area contributed by atoms with Crippen molar-refractivity contribution in [1.82, 2.24) is 9.78 Å². The third-order valence-electron chi connectivity index (χ3n) is 4.62. The van der Waals surface area contributed by atoms with E-state index in [1.807, 2.05) is 0 Å². The number of methoxy groups -OCH3 is 1. The number of nitro groups is 1. The molecular formula is C21H17F3N4O5. The highest BCUT2D eigenvalue weighted by molar-refractivity contribution is 6.02. The van der Waals surface area contributed by atoms with Gasteiger partial charge in [0.2, 0.25) is 5.91 Å². The van der Waals surface area contributed by atoms with Crippen molar-refractivity contribution in [3.8, 4) is 11.1 Å². The summed E-state index contributed by atoms with van der Waals surface area (Å²) in [7, 11) is 1.13. The van der Waals surface area contributed by atoms with Gasteiger partial charge >= 0.3 is 17.8 Å². The molecule has 33 heavy (non-hydrogen) atoms. The zero-order chi connectivity index (χ0) is 24.2. The van der Waals surface area contributed by atoms with E-state index in [9.17, 15) is 32.9 Å². The van der Waals surface area contributed by atoms with E-state index in [0.717, 1.165) is 25.4 Å². The molecule has 0 radical (unpaired) electrons. The average Bonchev–Trinajstić information content (AvgIpc) is 3.26. The molecule has 0 saturated carbocycles. The molecule has 0 unspecified atom stereocenters. The lowest BCUT2D eigenvalue weighted by Gasteiger charge is -2.13. The Morgan fingerprint density at radius 1 is 1.18 bits per heavy atom. The molecule has 1 N–H and O–H groups in total.